The minimum Gasteiger partial charge on any atom is -0.493 e. The Balaban J connectivity index is 2.62. The molecule has 0 aromatic heterocycles. The molecule has 0 spiro atoms. The second-order valence-corrected chi connectivity index (χ2v) is 6.19. The second kappa shape index (κ2) is 6.80. The van der Waals surface area contributed by atoms with Gasteiger partial charge in [0.2, 0.25) is 0 Å². The van der Waals surface area contributed by atoms with E-state index in [1.54, 1.807) is 24.3 Å². The fraction of sp³-hybridized carbons (Fsp3) is 0.533. The van der Waals surface area contributed by atoms with Crippen molar-refractivity contribution >= 4 is 17.6 Å². The summed E-state index contributed by atoms with van der Waals surface area (Å²) < 4.78 is 10.5. The van der Waals surface area contributed by atoms with Gasteiger partial charge in [-0.25, -0.2) is 0 Å². The minimum atomic E-state index is -0.263. The third-order valence-electron chi connectivity index (χ3n) is 2.66. The van der Waals surface area contributed by atoms with Gasteiger partial charge in [-0.15, -0.1) is 0 Å². The molecule has 0 radical (unpaired) electrons. The monoisotopic (exact) mass is 284 g/mol. The van der Waals surface area contributed by atoms with Crippen LogP contribution in [0.4, 0.5) is 0 Å². The molecule has 0 aliphatic heterocycles. The molecule has 1 atom stereocenters. The normalized spacial score (nSPS) is 12.9. The van der Waals surface area contributed by atoms with Gasteiger partial charge in [0.05, 0.1) is 13.0 Å². The van der Waals surface area contributed by atoms with E-state index in [1.807, 2.05) is 0 Å². The number of halogens is 1. The molecule has 106 valence electrons. The highest BCUT2D eigenvalue weighted by Gasteiger charge is 2.26. The Bertz CT molecular complexity index is 406. The van der Waals surface area contributed by atoms with Crippen molar-refractivity contribution < 1.29 is 14.3 Å². The van der Waals surface area contributed by atoms with Crippen LogP contribution in [0.5, 0.6) is 5.75 Å². The van der Waals surface area contributed by atoms with Gasteiger partial charge in [0.15, 0.2) is 0 Å². The van der Waals surface area contributed by atoms with Crippen molar-refractivity contribution in [3.8, 4) is 5.75 Å². The molecule has 0 bridgehead atoms. The van der Waals surface area contributed by atoms with Crippen LogP contribution < -0.4 is 4.74 Å². The minimum absolute atomic E-state index is 0.0439. The zero-order valence-electron chi connectivity index (χ0n) is 11.9. The third-order valence-corrected chi connectivity index (χ3v) is 2.91. The van der Waals surface area contributed by atoms with E-state index in [2.05, 4.69) is 20.8 Å². The zero-order chi connectivity index (χ0) is 14.5. The molecule has 0 heterocycles. The molecule has 3 nitrogen and oxygen atoms in total. The molecule has 19 heavy (non-hydrogen) atoms. The Hall–Kier alpha value is -1.22. The largest absolute Gasteiger partial charge is 0.493 e. The summed E-state index contributed by atoms with van der Waals surface area (Å²) in [6, 6.07) is 7.09. The van der Waals surface area contributed by atoms with E-state index in [0.29, 0.717) is 23.8 Å². The van der Waals surface area contributed by atoms with Crippen LogP contribution >= 0.6 is 11.6 Å². The lowest BCUT2D eigenvalue weighted by Gasteiger charge is -2.24. The quantitative estimate of drug-likeness (QED) is 0.768. The van der Waals surface area contributed by atoms with Gasteiger partial charge in [0.25, 0.3) is 0 Å². The van der Waals surface area contributed by atoms with Crippen LogP contribution in [0.15, 0.2) is 24.3 Å². The highest BCUT2D eigenvalue weighted by Crippen LogP contribution is 2.26. The zero-order valence-corrected chi connectivity index (χ0v) is 12.7. The summed E-state index contributed by atoms with van der Waals surface area (Å²) in [4.78, 5) is 11.7. The van der Waals surface area contributed by atoms with Crippen molar-refractivity contribution in [3.63, 3.8) is 0 Å². The van der Waals surface area contributed by atoms with E-state index in [4.69, 9.17) is 21.1 Å². The van der Waals surface area contributed by atoms with E-state index in [0.717, 1.165) is 0 Å². The summed E-state index contributed by atoms with van der Waals surface area (Å²) in [5, 5.41) is 0.659. The molecule has 1 aromatic carbocycles. The lowest BCUT2D eigenvalue weighted by molar-refractivity contribution is -0.147. The Labute approximate surface area is 119 Å². The predicted octanol–water partition coefficient (Wildman–Crippen LogP) is 3.94. The SMILES string of the molecule is COC(=O)C(COc1ccc(Cl)cc1)CC(C)(C)C. The molecule has 0 aliphatic rings. The predicted molar refractivity (Wildman–Crippen MR) is 76.5 cm³/mol. The van der Waals surface area contributed by atoms with Crippen LogP contribution in [0, 0.1) is 11.3 Å². The molecular formula is C15H21ClO3. The standard InChI is InChI=1S/C15H21ClO3/c1-15(2,3)9-11(14(17)18-4)10-19-13-7-5-12(16)6-8-13/h5-8,11H,9-10H2,1-4H3. The first kappa shape index (κ1) is 15.8. The number of carbonyl (C=O) groups is 1. The first-order chi connectivity index (χ1) is 8.81. The lowest BCUT2D eigenvalue weighted by Crippen LogP contribution is -2.27. The maximum Gasteiger partial charge on any atom is 0.312 e. The van der Waals surface area contributed by atoms with Crippen LogP contribution in [-0.4, -0.2) is 19.7 Å². The van der Waals surface area contributed by atoms with Gasteiger partial charge in [-0.2, -0.15) is 0 Å². The molecule has 0 saturated heterocycles. The van der Waals surface area contributed by atoms with Crippen LogP contribution in [0.25, 0.3) is 0 Å². The first-order valence-electron chi connectivity index (χ1n) is 6.28. The Morgan fingerprint density at radius 1 is 1.26 bits per heavy atom. The van der Waals surface area contributed by atoms with E-state index >= 15 is 0 Å². The van der Waals surface area contributed by atoms with Crippen molar-refractivity contribution in [2.24, 2.45) is 11.3 Å². The number of esters is 1. The molecule has 0 amide bonds. The van der Waals surface area contributed by atoms with Gasteiger partial charge < -0.3 is 9.47 Å². The van der Waals surface area contributed by atoms with Crippen LogP contribution in [0.3, 0.4) is 0 Å². The first-order valence-corrected chi connectivity index (χ1v) is 6.66. The Morgan fingerprint density at radius 3 is 2.32 bits per heavy atom. The van der Waals surface area contributed by atoms with Gasteiger partial charge in [-0.1, -0.05) is 32.4 Å². The van der Waals surface area contributed by atoms with Crippen molar-refractivity contribution in [1.29, 1.82) is 0 Å². The van der Waals surface area contributed by atoms with Gasteiger partial charge in [0.1, 0.15) is 12.4 Å². The molecule has 1 rings (SSSR count). The molecule has 1 unspecified atom stereocenters. The number of rotatable bonds is 5. The van der Waals surface area contributed by atoms with Crippen LogP contribution in [-0.2, 0) is 9.53 Å². The summed E-state index contributed by atoms with van der Waals surface area (Å²) >= 11 is 5.80. The average molecular weight is 285 g/mol. The van der Waals surface area contributed by atoms with Crippen molar-refractivity contribution in [3.05, 3.63) is 29.3 Å². The lowest BCUT2D eigenvalue weighted by atomic mass is 9.85. The number of ether oxygens (including phenoxy) is 2. The number of hydrogen-bond acceptors (Lipinski definition) is 3. The van der Waals surface area contributed by atoms with Gasteiger partial charge in [-0.05, 0) is 36.1 Å². The molecule has 0 N–H and O–H groups in total. The molecule has 0 aliphatic carbocycles. The number of methoxy groups -OCH3 is 1. The number of hydrogen-bond donors (Lipinski definition) is 0. The highest BCUT2D eigenvalue weighted by atomic mass is 35.5. The summed E-state index contributed by atoms with van der Waals surface area (Å²) in [6.07, 6.45) is 0.716. The second-order valence-electron chi connectivity index (χ2n) is 5.75. The molecular weight excluding hydrogens is 264 g/mol. The van der Waals surface area contributed by atoms with Crippen molar-refractivity contribution in [2.45, 2.75) is 27.2 Å². The van der Waals surface area contributed by atoms with E-state index in [9.17, 15) is 4.79 Å². The summed E-state index contributed by atoms with van der Waals surface area (Å²) in [7, 11) is 1.40. The summed E-state index contributed by atoms with van der Waals surface area (Å²) in [5.41, 5.74) is 0.0439. The summed E-state index contributed by atoms with van der Waals surface area (Å²) in [6.45, 7) is 6.58. The van der Waals surface area contributed by atoms with Gasteiger partial charge in [0, 0.05) is 5.02 Å². The number of benzene rings is 1. The maximum absolute atomic E-state index is 11.7. The third kappa shape index (κ3) is 5.97. The van der Waals surface area contributed by atoms with E-state index in [1.165, 1.54) is 7.11 Å². The molecule has 0 saturated carbocycles. The molecule has 1 aromatic rings. The van der Waals surface area contributed by atoms with Gasteiger partial charge >= 0.3 is 5.97 Å². The average Bonchev–Trinajstić information content (AvgIpc) is 2.34. The Morgan fingerprint density at radius 2 is 1.84 bits per heavy atom. The van der Waals surface area contributed by atoms with Crippen LogP contribution in [0.1, 0.15) is 27.2 Å². The summed E-state index contributed by atoms with van der Waals surface area (Å²) in [5.74, 6) is 0.205. The van der Waals surface area contributed by atoms with E-state index < -0.39 is 0 Å². The van der Waals surface area contributed by atoms with Crippen LogP contribution in [0.2, 0.25) is 5.02 Å². The topological polar surface area (TPSA) is 35.5 Å². The maximum atomic E-state index is 11.7. The highest BCUT2D eigenvalue weighted by molar-refractivity contribution is 6.30. The van der Waals surface area contributed by atoms with Crippen molar-refractivity contribution in [1.82, 2.24) is 0 Å². The Kier molecular flexibility index (Phi) is 5.67. The molecule has 0 fully saturated rings. The number of carbonyl (C=O) groups excluding carboxylic acids is 1. The van der Waals surface area contributed by atoms with Crippen molar-refractivity contribution in [2.75, 3.05) is 13.7 Å². The smallest absolute Gasteiger partial charge is 0.312 e. The van der Waals surface area contributed by atoms with E-state index in [-0.39, 0.29) is 17.3 Å². The van der Waals surface area contributed by atoms with Gasteiger partial charge in [-0.3, -0.25) is 4.79 Å². The fourth-order valence-electron chi connectivity index (χ4n) is 1.84. The molecule has 4 heteroatoms. The fourth-order valence-corrected chi connectivity index (χ4v) is 1.97.